The lowest BCUT2D eigenvalue weighted by Crippen LogP contribution is -2.43. The van der Waals surface area contributed by atoms with Crippen LogP contribution in [-0.4, -0.2) is 11.9 Å². The molecule has 1 aromatic carbocycles. The normalized spacial score (nSPS) is 22.4. The second-order valence-corrected chi connectivity index (χ2v) is 5.40. The van der Waals surface area contributed by atoms with E-state index in [1.807, 2.05) is 18.2 Å². The van der Waals surface area contributed by atoms with Crippen LogP contribution in [0, 0.1) is 0 Å². The van der Waals surface area contributed by atoms with Crippen molar-refractivity contribution < 1.29 is 4.79 Å². The van der Waals surface area contributed by atoms with Crippen LogP contribution in [0.3, 0.4) is 0 Å². The molecule has 0 atom stereocenters. The van der Waals surface area contributed by atoms with Gasteiger partial charge in [0.2, 0.25) is 5.91 Å². The Labute approximate surface area is 102 Å². The molecule has 0 unspecified atom stereocenters. The first-order valence-corrected chi connectivity index (χ1v) is 6.68. The average molecular weight is 229 g/mol. The highest BCUT2D eigenvalue weighted by Gasteiger charge is 2.43. The van der Waals surface area contributed by atoms with Crippen LogP contribution in [0.5, 0.6) is 0 Å². The Morgan fingerprint density at radius 2 is 1.76 bits per heavy atom. The number of hydrogen-bond acceptors (Lipinski definition) is 1. The molecule has 0 radical (unpaired) electrons. The number of nitrogens with one attached hydrogen (secondary N) is 1. The van der Waals surface area contributed by atoms with Crippen LogP contribution in [0.4, 0.5) is 0 Å². The predicted octanol–water partition coefficient (Wildman–Crippen LogP) is 2.78. The van der Waals surface area contributed by atoms with Gasteiger partial charge in [-0.05, 0) is 31.2 Å². The smallest absolute Gasteiger partial charge is 0.230 e. The van der Waals surface area contributed by atoms with E-state index < -0.39 is 0 Å². The minimum Gasteiger partial charge on any atom is -0.353 e. The van der Waals surface area contributed by atoms with E-state index in [4.69, 9.17) is 0 Å². The zero-order valence-corrected chi connectivity index (χ0v) is 10.1. The Hall–Kier alpha value is -1.31. The Bertz CT molecular complexity index is 402. The van der Waals surface area contributed by atoms with Crippen LogP contribution in [0.25, 0.3) is 0 Å². The molecule has 3 rings (SSSR count). The van der Waals surface area contributed by atoms with Crippen LogP contribution < -0.4 is 5.32 Å². The fourth-order valence-corrected chi connectivity index (χ4v) is 2.93. The van der Waals surface area contributed by atoms with Crippen LogP contribution in [0.1, 0.15) is 44.1 Å². The molecule has 0 heterocycles. The molecule has 90 valence electrons. The van der Waals surface area contributed by atoms with Gasteiger partial charge in [-0.2, -0.15) is 0 Å². The molecule has 2 fully saturated rings. The van der Waals surface area contributed by atoms with Gasteiger partial charge in [0.05, 0.1) is 5.41 Å². The van der Waals surface area contributed by atoms with Crippen molar-refractivity contribution in [2.45, 2.75) is 50.0 Å². The van der Waals surface area contributed by atoms with E-state index in [0.29, 0.717) is 6.04 Å². The van der Waals surface area contributed by atoms with Crippen LogP contribution >= 0.6 is 0 Å². The first-order chi connectivity index (χ1) is 8.31. The lowest BCUT2D eigenvalue weighted by atomic mass is 9.78. The molecule has 2 aliphatic carbocycles. The summed E-state index contributed by atoms with van der Waals surface area (Å²) >= 11 is 0. The summed E-state index contributed by atoms with van der Waals surface area (Å²) in [7, 11) is 0. The van der Waals surface area contributed by atoms with Crippen LogP contribution in [0.2, 0.25) is 0 Å². The number of rotatable bonds is 3. The van der Waals surface area contributed by atoms with Gasteiger partial charge in [0.15, 0.2) is 0 Å². The highest BCUT2D eigenvalue weighted by molar-refractivity contribution is 5.89. The molecular weight excluding hydrogens is 210 g/mol. The quantitative estimate of drug-likeness (QED) is 0.848. The monoisotopic (exact) mass is 229 g/mol. The standard InChI is InChI=1S/C15H19NO/c17-14(16-13-8-9-13)15(10-4-5-11-15)12-6-2-1-3-7-12/h1-3,6-7,13H,4-5,8-11H2,(H,16,17). The van der Waals surface area contributed by atoms with E-state index in [1.54, 1.807) is 0 Å². The van der Waals surface area contributed by atoms with Crippen LogP contribution in [0.15, 0.2) is 30.3 Å². The molecule has 0 spiro atoms. The maximum atomic E-state index is 12.5. The maximum Gasteiger partial charge on any atom is 0.230 e. The number of carbonyl (C=O) groups excluding carboxylic acids is 1. The van der Waals surface area contributed by atoms with Gasteiger partial charge in [-0.25, -0.2) is 0 Å². The first kappa shape index (κ1) is 10.8. The summed E-state index contributed by atoms with van der Waals surface area (Å²) in [6.07, 6.45) is 6.69. The molecule has 0 saturated heterocycles. The average Bonchev–Trinajstić information content (AvgIpc) is 3.04. The van der Waals surface area contributed by atoms with E-state index in [9.17, 15) is 4.79 Å². The first-order valence-electron chi connectivity index (χ1n) is 6.68. The van der Waals surface area contributed by atoms with Gasteiger partial charge >= 0.3 is 0 Å². The van der Waals surface area contributed by atoms with Gasteiger partial charge in [-0.3, -0.25) is 4.79 Å². The molecule has 2 aliphatic rings. The Kier molecular flexibility index (Phi) is 2.65. The highest BCUT2D eigenvalue weighted by atomic mass is 16.2. The largest absolute Gasteiger partial charge is 0.353 e. The third-order valence-corrected chi connectivity index (χ3v) is 4.13. The predicted molar refractivity (Wildman–Crippen MR) is 67.8 cm³/mol. The number of amides is 1. The summed E-state index contributed by atoms with van der Waals surface area (Å²) in [5, 5.41) is 3.20. The van der Waals surface area contributed by atoms with Crippen molar-refractivity contribution in [2.75, 3.05) is 0 Å². The number of benzene rings is 1. The fourth-order valence-electron chi connectivity index (χ4n) is 2.93. The minimum absolute atomic E-state index is 0.232. The SMILES string of the molecule is O=C(NC1CC1)C1(c2ccccc2)CCCC1. The van der Waals surface area contributed by atoms with E-state index in [2.05, 4.69) is 17.4 Å². The summed E-state index contributed by atoms with van der Waals surface area (Å²) in [5.74, 6) is 0.267. The van der Waals surface area contributed by atoms with Crippen molar-refractivity contribution in [3.8, 4) is 0 Å². The lowest BCUT2D eigenvalue weighted by Gasteiger charge is -2.28. The summed E-state index contributed by atoms with van der Waals surface area (Å²) in [6, 6.07) is 10.8. The molecule has 17 heavy (non-hydrogen) atoms. The molecule has 0 aromatic heterocycles. The summed E-state index contributed by atoms with van der Waals surface area (Å²) in [5.41, 5.74) is 0.972. The molecule has 1 N–H and O–H groups in total. The summed E-state index contributed by atoms with van der Waals surface area (Å²) in [4.78, 5) is 12.5. The van der Waals surface area contributed by atoms with E-state index >= 15 is 0 Å². The number of carbonyl (C=O) groups is 1. The second kappa shape index (κ2) is 4.17. The van der Waals surface area contributed by atoms with Gasteiger partial charge < -0.3 is 5.32 Å². The van der Waals surface area contributed by atoms with Crippen molar-refractivity contribution in [2.24, 2.45) is 0 Å². The summed E-state index contributed by atoms with van der Waals surface area (Å²) < 4.78 is 0. The van der Waals surface area contributed by atoms with Gasteiger partial charge in [-0.1, -0.05) is 43.2 Å². The van der Waals surface area contributed by atoms with Crippen molar-refractivity contribution in [3.63, 3.8) is 0 Å². The van der Waals surface area contributed by atoms with Gasteiger partial charge in [-0.15, -0.1) is 0 Å². The second-order valence-electron chi connectivity index (χ2n) is 5.40. The highest BCUT2D eigenvalue weighted by Crippen LogP contribution is 2.41. The minimum atomic E-state index is -0.232. The Morgan fingerprint density at radius 3 is 2.35 bits per heavy atom. The van der Waals surface area contributed by atoms with E-state index in [1.165, 1.54) is 18.4 Å². The zero-order valence-electron chi connectivity index (χ0n) is 10.1. The van der Waals surface area contributed by atoms with Crippen LogP contribution in [-0.2, 0) is 10.2 Å². The van der Waals surface area contributed by atoms with Crippen molar-refractivity contribution in [1.29, 1.82) is 0 Å². The zero-order chi connectivity index (χ0) is 11.7. The van der Waals surface area contributed by atoms with Gasteiger partial charge in [0.1, 0.15) is 0 Å². The maximum absolute atomic E-state index is 12.5. The van der Waals surface area contributed by atoms with E-state index in [-0.39, 0.29) is 11.3 Å². The third-order valence-electron chi connectivity index (χ3n) is 4.13. The molecule has 2 saturated carbocycles. The molecule has 1 amide bonds. The van der Waals surface area contributed by atoms with Crippen molar-refractivity contribution in [3.05, 3.63) is 35.9 Å². The lowest BCUT2D eigenvalue weighted by molar-refractivity contribution is -0.126. The van der Waals surface area contributed by atoms with Gasteiger partial charge in [0, 0.05) is 6.04 Å². The molecule has 2 heteroatoms. The summed E-state index contributed by atoms with van der Waals surface area (Å²) in [6.45, 7) is 0. The van der Waals surface area contributed by atoms with E-state index in [0.717, 1.165) is 25.7 Å². The van der Waals surface area contributed by atoms with Crippen molar-refractivity contribution >= 4 is 5.91 Å². The van der Waals surface area contributed by atoms with Gasteiger partial charge in [0.25, 0.3) is 0 Å². The molecule has 1 aromatic rings. The number of hydrogen-bond donors (Lipinski definition) is 1. The molecule has 0 aliphatic heterocycles. The fraction of sp³-hybridized carbons (Fsp3) is 0.533. The topological polar surface area (TPSA) is 29.1 Å². The molecular formula is C15H19NO. The third kappa shape index (κ3) is 1.97. The van der Waals surface area contributed by atoms with Crippen molar-refractivity contribution in [1.82, 2.24) is 5.32 Å². The molecule has 0 bridgehead atoms. The molecule has 2 nitrogen and oxygen atoms in total. The Morgan fingerprint density at radius 1 is 1.12 bits per heavy atom. The Balaban J connectivity index is 1.89.